The van der Waals surface area contributed by atoms with Gasteiger partial charge in [-0.2, -0.15) is 5.10 Å². The van der Waals surface area contributed by atoms with E-state index in [0.29, 0.717) is 6.04 Å². The van der Waals surface area contributed by atoms with Crippen LogP contribution in [0, 0.1) is 0 Å². The van der Waals surface area contributed by atoms with E-state index in [1.165, 1.54) is 10.4 Å². The lowest BCUT2D eigenvalue weighted by Crippen LogP contribution is -2.18. The molecular formula is C16H17N3S. The smallest absolute Gasteiger partial charge is 0.0690 e. The van der Waals surface area contributed by atoms with Gasteiger partial charge in [-0.3, -0.25) is 0 Å². The lowest BCUT2D eigenvalue weighted by Gasteiger charge is -2.14. The minimum atomic E-state index is 0.362. The van der Waals surface area contributed by atoms with Crippen LogP contribution >= 0.6 is 11.3 Å². The minimum absolute atomic E-state index is 0.362. The molecule has 0 aliphatic carbocycles. The van der Waals surface area contributed by atoms with Crippen molar-refractivity contribution in [2.75, 3.05) is 0 Å². The van der Waals surface area contributed by atoms with Crippen LogP contribution in [0.25, 0.3) is 5.69 Å². The molecule has 0 bridgehead atoms. The first-order chi connectivity index (χ1) is 9.84. The third kappa shape index (κ3) is 2.81. The van der Waals surface area contributed by atoms with Crippen LogP contribution in [0.15, 0.2) is 60.2 Å². The van der Waals surface area contributed by atoms with Crippen LogP contribution in [0.2, 0.25) is 0 Å². The molecule has 3 nitrogen and oxygen atoms in total. The standard InChI is InChI=1S/C16H17N3S/c1-13(16-8-4-11-20-16)17-12-14-6-2-3-7-15(14)19-10-5-9-18-19/h2-11,13,17H,12H2,1H3. The van der Waals surface area contributed by atoms with Gasteiger partial charge < -0.3 is 5.32 Å². The molecule has 0 aliphatic heterocycles. The van der Waals surface area contributed by atoms with Gasteiger partial charge in [-0.1, -0.05) is 24.3 Å². The first-order valence-corrected chi connectivity index (χ1v) is 7.57. The van der Waals surface area contributed by atoms with Crippen LogP contribution in [-0.4, -0.2) is 9.78 Å². The maximum Gasteiger partial charge on any atom is 0.0690 e. The monoisotopic (exact) mass is 283 g/mol. The van der Waals surface area contributed by atoms with Crippen molar-refractivity contribution in [3.8, 4) is 5.69 Å². The zero-order valence-corrected chi connectivity index (χ0v) is 12.2. The molecule has 2 aromatic heterocycles. The average Bonchev–Trinajstić information content (AvgIpc) is 3.17. The van der Waals surface area contributed by atoms with Crippen molar-refractivity contribution < 1.29 is 0 Å². The Morgan fingerprint density at radius 2 is 2.10 bits per heavy atom. The molecule has 1 unspecified atom stereocenters. The molecule has 0 radical (unpaired) electrons. The Kier molecular flexibility index (Phi) is 3.95. The van der Waals surface area contributed by atoms with E-state index in [-0.39, 0.29) is 0 Å². The lowest BCUT2D eigenvalue weighted by atomic mass is 10.1. The van der Waals surface area contributed by atoms with Gasteiger partial charge in [0, 0.05) is 29.9 Å². The minimum Gasteiger partial charge on any atom is -0.305 e. The van der Waals surface area contributed by atoms with Crippen molar-refractivity contribution in [3.05, 3.63) is 70.7 Å². The average molecular weight is 283 g/mol. The van der Waals surface area contributed by atoms with Gasteiger partial charge in [-0.05, 0) is 36.1 Å². The van der Waals surface area contributed by atoms with Gasteiger partial charge in [0.15, 0.2) is 0 Å². The predicted molar refractivity (Wildman–Crippen MR) is 83.1 cm³/mol. The number of thiophene rings is 1. The third-order valence-electron chi connectivity index (χ3n) is 3.31. The summed E-state index contributed by atoms with van der Waals surface area (Å²) in [6.07, 6.45) is 3.78. The first-order valence-electron chi connectivity index (χ1n) is 6.69. The molecule has 1 N–H and O–H groups in total. The number of nitrogens with one attached hydrogen (secondary N) is 1. The van der Waals surface area contributed by atoms with Crippen molar-refractivity contribution in [2.45, 2.75) is 19.5 Å². The summed E-state index contributed by atoms with van der Waals surface area (Å²) in [6, 6.07) is 14.9. The largest absolute Gasteiger partial charge is 0.305 e. The van der Waals surface area contributed by atoms with Gasteiger partial charge in [-0.15, -0.1) is 11.3 Å². The zero-order chi connectivity index (χ0) is 13.8. The fraction of sp³-hybridized carbons (Fsp3) is 0.188. The van der Waals surface area contributed by atoms with Crippen LogP contribution in [0.1, 0.15) is 23.4 Å². The van der Waals surface area contributed by atoms with Gasteiger partial charge in [-0.25, -0.2) is 4.68 Å². The molecule has 3 aromatic rings. The molecule has 0 amide bonds. The molecule has 1 atom stereocenters. The molecule has 0 saturated heterocycles. The molecule has 0 fully saturated rings. The number of para-hydroxylation sites is 1. The van der Waals surface area contributed by atoms with E-state index in [2.05, 4.69) is 53.1 Å². The van der Waals surface area contributed by atoms with E-state index in [1.807, 2.05) is 23.0 Å². The summed E-state index contributed by atoms with van der Waals surface area (Å²) in [6.45, 7) is 3.03. The predicted octanol–water partition coefficient (Wildman–Crippen LogP) is 3.78. The number of hydrogen-bond acceptors (Lipinski definition) is 3. The quantitative estimate of drug-likeness (QED) is 0.772. The summed E-state index contributed by atoms with van der Waals surface area (Å²) < 4.78 is 1.91. The summed E-state index contributed by atoms with van der Waals surface area (Å²) >= 11 is 1.79. The van der Waals surface area contributed by atoms with Crippen molar-refractivity contribution >= 4 is 11.3 Å². The topological polar surface area (TPSA) is 29.9 Å². The molecule has 4 heteroatoms. The Bertz CT molecular complexity index is 644. The van der Waals surface area contributed by atoms with Gasteiger partial charge in [0.05, 0.1) is 5.69 Å². The van der Waals surface area contributed by atoms with Gasteiger partial charge >= 0.3 is 0 Å². The summed E-state index contributed by atoms with van der Waals surface area (Å²) in [5.41, 5.74) is 2.38. The summed E-state index contributed by atoms with van der Waals surface area (Å²) in [7, 11) is 0. The lowest BCUT2D eigenvalue weighted by molar-refractivity contribution is 0.580. The normalized spacial score (nSPS) is 12.4. The van der Waals surface area contributed by atoms with Gasteiger partial charge in [0.25, 0.3) is 0 Å². The van der Waals surface area contributed by atoms with Crippen LogP contribution in [-0.2, 0) is 6.54 Å². The Balaban J connectivity index is 1.75. The van der Waals surface area contributed by atoms with Crippen molar-refractivity contribution in [2.24, 2.45) is 0 Å². The highest BCUT2D eigenvalue weighted by Gasteiger charge is 2.08. The molecule has 0 aliphatic rings. The Morgan fingerprint density at radius 1 is 1.20 bits per heavy atom. The van der Waals surface area contributed by atoms with E-state index < -0.39 is 0 Å². The van der Waals surface area contributed by atoms with Crippen molar-refractivity contribution in [1.82, 2.24) is 15.1 Å². The molecular weight excluding hydrogens is 266 g/mol. The third-order valence-corrected chi connectivity index (χ3v) is 4.37. The Morgan fingerprint density at radius 3 is 2.85 bits per heavy atom. The van der Waals surface area contributed by atoms with Crippen LogP contribution in [0.4, 0.5) is 0 Å². The number of aromatic nitrogens is 2. The van der Waals surface area contributed by atoms with Crippen LogP contribution in [0.3, 0.4) is 0 Å². The molecule has 2 heterocycles. The second kappa shape index (κ2) is 6.03. The maximum absolute atomic E-state index is 4.32. The fourth-order valence-corrected chi connectivity index (χ4v) is 2.96. The zero-order valence-electron chi connectivity index (χ0n) is 11.4. The number of nitrogens with zero attached hydrogens (tertiary/aromatic N) is 2. The molecule has 0 saturated carbocycles. The summed E-state index contributed by atoms with van der Waals surface area (Å²) in [5.74, 6) is 0. The fourth-order valence-electron chi connectivity index (χ4n) is 2.20. The second-order valence-electron chi connectivity index (χ2n) is 4.70. The highest BCUT2D eigenvalue weighted by Crippen LogP contribution is 2.20. The van der Waals surface area contributed by atoms with E-state index in [4.69, 9.17) is 0 Å². The molecule has 0 spiro atoms. The van der Waals surface area contributed by atoms with E-state index in [1.54, 1.807) is 17.5 Å². The number of benzene rings is 1. The van der Waals surface area contributed by atoms with Gasteiger partial charge in [0.2, 0.25) is 0 Å². The van der Waals surface area contributed by atoms with Crippen molar-refractivity contribution in [1.29, 1.82) is 0 Å². The van der Waals surface area contributed by atoms with E-state index >= 15 is 0 Å². The Hall–Kier alpha value is -1.91. The SMILES string of the molecule is CC(NCc1ccccc1-n1cccn1)c1cccs1. The van der Waals surface area contributed by atoms with Crippen molar-refractivity contribution in [3.63, 3.8) is 0 Å². The molecule has 20 heavy (non-hydrogen) atoms. The van der Waals surface area contributed by atoms with Crippen LogP contribution in [0.5, 0.6) is 0 Å². The first kappa shape index (κ1) is 13.1. The second-order valence-corrected chi connectivity index (χ2v) is 5.68. The number of rotatable bonds is 5. The summed E-state index contributed by atoms with van der Waals surface area (Å²) in [5, 5.41) is 10.0. The molecule has 102 valence electrons. The van der Waals surface area contributed by atoms with E-state index in [0.717, 1.165) is 12.2 Å². The highest BCUT2D eigenvalue weighted by atomic mass is 32.1. The summed E-state index contributed by atoms with van der Waals surface area (Å²) in [4.78, 5) is 1.36. The highest BCUT2D eigenvalue weighted by molar-refractivity contribution is 7.10. The van der Waals surface area contributed by atoms with E-state index in [9.17, 15) is 0 Å². The van der Waals surface area contributed by atoms with Gasteiger partial charge in [0.1, 0.15) is 0 Å². The molecule has 1 aromatic carbocycles. The Labute approximate surface area is 122 Å². The van der Waals surface area contributed by atoms with Crippen LogP contribution < -0.4 is 5.32 Å². The number of hydrogen-bond donors (Lipinski definition) is 1. The molecule has 3 rings (SSSR count). The maximum atomic E-state index is 4.32.